The Morgan fingerprint density at radius 3 is 2.43 bits per heavy atom. The van der Waals surface area contributed by atoms with E-state index in [0.29, 0.717) is 17.0 Å². The van der Waals surface area contributed by atoms with E-state index >= 15 is 0 Å². The highest BCUT2D eigenvalue weighted by atomic mass is 35.5. The van der Waals surface area contributed by atoms with Crippen LogP contribution in [0.4, 0.5) is 10.1 Å². The van der Waals surface area contributed by atoms with Crippen LogP contribution in [0.3, 0.4) is 0 Å². The number of halogens is 2. The van der Waals surface area contributed by atoms with E-state index in [1.165, 1.54) is 44.6 Å². The molecule has 0 atom stereocenters. The summed E-state index contributed by atoms with van der Waals surface area (Å²) >= 11 is 6.18. The number of aryl methyl sites for hydroxylation is 1. The van der Waals surface area contributed by atoms with Gasteiger partial charge in [-0.15, -0.1) is 0 Å². The lowest BCUT2D eigenvalue weighted by Gasteiger charge is -2.56. The number of nitrogens with one attached hydrogen (secondary N) is 1. The number of carbonyl (C=O) groups is 1. The summed E-state index contributed by atoms with van der Waals surface area (Å²) in [6.07, 6.45) is 8.40. The van der Waals surface area contributed by atoms with Crippen molar-refractivity contribution in [1.82, 2.24) is 9.78 Å². The summed E-state index contributed by atoms with van der Waals surface area (Å²) < 4.78 is 15.9. The predicted molar refractivity (Wildman–Crippen MR) is 116 cm³/mol. The molecule has 2 aromatic rings. The van der Waals surface area contributed by atoms with Crippen LogP contribution >= 0.6 is 11.6 Å². The second-order valence-corrected chi connectivity index (χ2v) is 10.5. The first-order chi connectivity index (χ1) is 14.3. The summed E-state index contributed by atoms with van der Waals surface area (Å²) in [5, 5.41) is 8.07. The van der Waals surface area contributed by atoms with Gasteiger partial charge in [0.15, 0.2) is 0 Å². The molecule has 0 spiro atoms. The summed E-state index contributed by atoms with van der Waals surface area (Å²) in [6, 6.07) is 4.68. The van der Waals surface area contributed by atoms with Crippen LogP contribution in [0.1, 0.15) is 61.9 Å². The lowest BCUT2D eigenvalue weighted by molar-refractivity contribution is -0.124. The van der Waals surface area contributed by atoms with Crippen LogP contribution in [-0.2, 0) is 11.3 Å². The van der Waals surface area contributed by atoms with Crippen molar-refractivity contribution in [2.45, 2.75) is 65.3 Å². The molecule has 4 nitrogen and oxygen atoms in total. The maximum atomic E-state index is 14.2. The van der Waals surface area contributed by atoms with Gasteiger partial charge in [-0.3, -0.25) is 9.48 Å². The summed E-state index contributed by atoms with van der Waals surface area (Å²) in [6.45, 7) is 4.03. The smallest absolute Gasteiger partial charge is 0.225 e. The number of hydrogen-bond donors (Lipinski definition) is 1. The summed E-state index contributed by atoms with van der Waals surface area (Å²) in [5.41, 5.74) is 2.94. The first-order valence-corrected chi connectivity index (χ1v) is 11.5. The van der Waals surface area contributed by atoms with Crippen LogP contribution in [-0.4, -0.2) is 15.7 Å². The number of rotatable bonds is 5. The SMILES string of the molecule is Cc1nn(Cc2c(F)cccc2Cl)c(C)c1NC(=O)CC12CC3CC(CC(C3)C1)C2. The predicted octanol–water partition coefficient (Wildman–Crippen LogP) is 5.89. The lowest BCUT2D eigenvalue weighted by Crippen LogP contribution is -2.47. The number of benzene rings is 1. The minimum atomic E-state index is -0.345. The van der Waals surface area contributed by atoms with E-state index in [-0.39, 0.29) is 23.7 Å². The highest BCUT2D eigenvalue weighted by Gasteiger charge is 2.51. The van der Waals surface area contributed by atoms with Crippen molar-refractivity contribution in [1.29, 1.82) is 0 Å². The molecule has 6 rings (SSSR count). The number of anilines is 1. The zero-order valence-corrected chi connectivity index (χ0v) is 18.4. The van der Waals surface area contributed by atoms with Gasteiger partial charge in [-0.2, -0.15) is 5.10 Å². The molecule has 4 aliphatic carbocycles. The normalized spacial score (nSPS) is 29.4. The molecule has 160 valence electrons. The third-order valence-corrected chi connectivity index (χ3v) is 8.07. The minimum absolute atomic E-state index is 0.0895. The first-order valence-electron chi connectivity index (χ1n) is 11.1. The summed E-state index contributed by atoms with van der Waals surface area (Å²) in [7, 11) is 0. The number of aromatic nitrogens is 2. The third-order valence-electron chi connectivity index (χ3n) is 7.72. The van der Waals surface area contributed by atoms with E-state index in [9.17, 15) is 9.18 Å². The Balaban J connectivity index is 1.31. The standard InChI is InChI=1S/C24H29ClFN3O/c1-14-23(15(2)29(28-14)13-19-20(25)4-3-5-21(19)26)27-22(30)12-24-9-16-6-17(10-24)8-18(7-16)11-24/h3-5,16-18H,6-13H2,1-2H3,(H,27,30). The molecular weight excluding hydrogens is 401 g/mol. The molecular formula is C24H29ClFN3O. The Hall–Kier alpha value is -1.88. The van der Waals surface area contributed by atoms with Crippen molar-refractivity contribution >= 4 is 23.2 Å². The van der Waals surface area contributed by atoms with Crippen molar-refractivity contribution < 1.29 is 9.18 Å². The molecule has 30 heavy (non-hydrogen) atoms. The minimum Gasteiger partial charge on any atom is -0.323 e. The molecule has 1 heterocycles. The fraction of sp³-hybridized carbons (Fsp3) is 0.583. The van der Waals surface area contributed by atoms with Gasteiger partial charge in [0.25, 0.3) is 0 Å². The average molecular weight is 430 g/mol. The topological polar surface area (TPSA) is 46.9 Å². The Morgan fingerprint density at radius 2 is 1.83 bits per heavy atom. The molecule has 6 heteroatoms. The first kappa shape index (κ1) is 20.0. The van der Waals surface area contributed by atoms with Crippen LogP contribution in [0.15, 0.2) is 18.2 Å². The number of hydrogen-bond acceptors (Lipinski definition) is 2. The zero-order valence-electron chi connectivity index (χ0n) is 17.7. The average Bonchev–Trinajstić information content (AvgIpc) is 2.90. The Bertz CT molecular complexity index is 943. The molecule has 4 aliphatic rings. The largest absolute Gasteiger partial charge is 0.323 e. The zero-order chi connectivity index (χ0) is 21.0. The molecule has 1 amide bonds. The summed E-state index contributed by atoms with van der Waals surface area (Å²) in [5.74, 6) is 2.25. The second kappa shape index (κ2) is 7.37. The maximum absolute atomic E-state index is 14.2. The van der Waals surface area contributed by atoms with Gasteiger partial charge in [0.05, 0.1) is 23.6 Å². The van der Waals surface area contributed by atoms with Crippen LogP contribution < -0.4 is 5.32 Å². The molecule has 0 saturated heterocycles. The van der Waals surface area contributed by atoms with Crippen molar-refractivity contribution in [2.24, 2.45) is 23.2 Å². The Kier molecular flexibility index (Phi) is 4.92. The van der Waals surface area contributed by atoms with Crippen molar-refractivity contribution in [3.8, 4) is 0 Å². The fourth-order valence-corrected chi connectivity index (χ4v) is 7.12. The van der Waals surface area contributed by atoms with Crippen LogP contribution in [0, 0.1) is 42.8 Å². The number of nitrogens with zero attached hydrogens (tertiary/aromatic N) is 2. The number of amides is 1. The molecule has 1 N–H and O–H groups in total. The Labute approximate surface area is 182 Å². The maximum Gasteiger partial charge on any atom is 0.225 e. The fourth-order valence-electron chi connectivity index (χ4n) is 6.90. The van der Waals surface area contributed by atoms with Gasteiger partial charge in [0, 0.05) is 17.0 Å². The molecule has 4 bridgehead atoms. The number of carbonyl (C=O) groups excluding carboxylic acids is 1. The van der Waals surface area contributed by atoms with Crippen LogP contribution in [0.2, 0.25) is 5.02 Å². The van der Waals surface area contributed by atoms with Crippen LogP contribution in [0.25, 0.3) is 0 Å². The second-order valence-electron chi connectivity index (χ2n) is 10.0. The highest BCUT2D eigenvalue weighted by Crippen LogP contribution is 2.61. The summed E-state index contributed by atoms with van der Waals surface area (Å²) in [4.78, 5) is 13.0. The van der Waals surface area contributed by atoms with Crippen LogP contribution in [0.5, 0.6) is 0 Å². The third kappa shape index (κ3) is 3.55. The van der Waals surface area contributed by atoms with Gasteiger partial charge in [0.2, 0.25) is 5.91 Å². The van der Waals surface area contributed by atoms with E-state index in [1.807, 2.05) is 13.8 Å². The van der Waals surface area contributed by atoms with Gasteiger partial charge >= 0.3 is 0 Å². The van der Waals surface area contributed by atoms with Gasteiger partial charge in [-0.25, -0.2) is 4.39 Å². The van der Waals surface area contributed by atoms with Crippen molar-refractivity contribution in [3.63, 3.8) is 0 Å². The van der Waals surface area contributed by atoms with E-state index in [0.717, 1.165) is 34.8 Å². The molecule has 0 radical (unpaired) electrons. The highest BCUT2D eigenvalue weighted by molar-refractivity contribution is 6.31. The molecule has 4 fully saturated rings. The van der Waals surface area contributed by atoms with Gasteiger partial charge in [0.1, 0.15) is 5.82 Å². The molecule has 1 aromatic heterocycles. The van der Waals surface area contributed by atoms with E-state index < -0.39 is 0 Å². The quantitative estimate of drug-likeness (QED) is 0.644. The van der Waals surface area contributed by atoms with Gasteiger partial charge < -0.3 is 5.32 Å². The lowest BCUT2D eigenvalue weighted by atomic mass is 9.49. The molecule has 1 aromatic carbocycles. The molecule has 0 unspecified atom stereocenters. The van der Waals surface area contributed by atoms with E-state index in [4.69, 9.17) is 11.6 Å². The van der Waals surface area contributed by atoms with Gasteiger partial charge in [-0.05, 0) is 87.7 Å². The van der Waals surface area contributed by atoms with E-state index in [1.54, 1.807) is 16.8 Å². The monoisotopic (exact) mass is 429 g/mol. The van der Waals surface area contributed by atoms with Crippen molar-refractivity contribution in [3.05, 3.63) is 46.0 Å². The Morgan fingerprint density at radius 1 is 1.20 bits per heavy atom. The van der Waals surface area contributed by atoms with E-state index in [2.05, 4.69) is 10.4 Å². The van der Waals surface area contributed by atoms with Crippen molar-refractivity contribution in [2.75, 3.05) is 5.32 Å². The molecule has 4 saturated carbocycles. The van der Waals surface area contributed by atoms with Gasteiger partial charge in [-0.1, -0.05) is 17.7 Å². The molecule has 0 aliphatic heterocycles.